The van der Waals surface area contributed by atoms with Crippen molar-refractivity contribution in [3.8, 4) is 5.75 Å². The Morgan fingerprint density at radius 3 is 2.00 bits per heavy atom. The average Bonchev–Trinajstić information content (AvgIpc) is 2.59. The molecule has 1 amide bonds. The van der Waals surface area contributed by atoms with Crippen LogP contribution in [0.4, 0.5) is 0 Å². The smallest absolute Gasteiger partial charge is 0.253 e. The molecule has 0 saturated carbocycles. The van der Waals surface area contributed by atoms with Gasteiger partial charge in [0.1, 0.15) is 12.4 Å². The second-order valence-corrected chi connectivity index (χ2v) is 5.49. The Morgan fingerprint density at radius 2 is 1.48 bits per heavy atom. The van der Waals surface area contributed by atoms with Crippen LogP contribution in [-0.2, 0) is 6.61 Å². The van der Waals surface area contributed by atoms with E-state index in [-0.39, 0.29) is 11.7 Å². The van der Waals surface area contributed by atoms with Crippen LogP contribution >= 0.6 is 0 Å². The summed E-state index contributed by atoms with van der Waals surface area (Å²) >= 11 is 0. The molecule has 0 radical (unpaired) electrons. The Balaban J connectivity index is 1.95. The molecule has 4 heteroatoms. The van der Waals surface area contributed by atoms with Gasteiger partial charge in [0, 0.05) is 31.6 Å². The molecule has 0 aliphatic rings. The Bertz CT molecular complexity index is 673. The minimum absolute atomic E-state index is 0.0198. The standard InChI is InChI=1S/C19H21NO3/c1-4-18(21)15-9-11-17(12-10-15)23-13-14-5-7-16(8-6-14)19(22)20(2)3/h5-12H,4,13H2,1-3H3. The Kier molecular flexibility index (Phi) is 5.52. The molecule has 0 heterocycles. The van der Waals surface area contributed by atoms with Crippen LogP contribution in [0.2, 0.25) is 0 Å². The Hall–Kier alpha value is -2.62. The largest absolute Gasteiger partial charge is 0.489 e. The van der Waals surface area contributed by atoms with Gasteiger partial charge < -0.3 is 9.64 Å². The maximum Gasteiger partial charge on any atom is 0.253 e. The van der Waals surface area contributed by atoms with Gasteiger partial charge >= 0.3 is 0 Å². The number of nitrogens with zero attached hydrogens (tertiary/aromatic N) is 1. The number of Topliss-reactive ketones (excluding diaryl/α,β-unsaturated/α-hetero) is 1. The van der Waals surface area contributed by atoms with Crippen LogP contribution in [0.1, 0.15) is 39.6 Å². The quantitative estimate of drug-likeness (QED) is 0.766. The predicted octanol–water partition coefficient (Wildman–Crippen LogP) is 3.56. The lowest BCUT2D eigenvalue weighted by molar-refractivity contribution is 0.0827. The number of amides is 1. The van der Waals surface area contributed by atoms with E-state index in [1.165, 1.54) is 0 Å². The van der Waals surface area contributed by atoms with Gasteiger partial charge in [-0.1, -0.05) is 19.1 Å². The van der Waals surface area contributed by atoms with E-state index in [0.717, 1.165) is 5.56 Å². The summed E-state index contributed by atoms with van der Waals surface area (Å²) in [5, 5.41) is 0. The third-order valence-electron chi connectivity index (χ3n) is 3.51. The van der Waals surface area contributed by atoms with Crippen LogP contribution in [0.15, 0.2) is 48.5 Å². The molecule has 120 valence electrons. The summed E-state index contributed by atoms with van der Waals surface area (Å²) < 4.78 is 5.70. The van der Waals surface area contributed by atoms with Crippen LogP contribution in [0.25, 0.3) is 0 Å². The number of benzene rings is 2. The van der Waals surface area contributed by atoms with Crippen molar-refractivity contribution in [1.82, 2.24) is 4.90 Å². The minimum atomic E-state index is -0.0198. The van der Waals surface area contributed by atoms with Crippen molar-refractivity contribution in [2.75, 3.05) is 14.1 Å². The molecule has 0 aliphatic carbocycles. The molecular formula is C19H21NO3. The summed E-state index contributed by atoms with van der Waals surface area (Å²) in [7, 11) is 3.46. The summed E-state index contributed by atoms with van der Waals surface area (Å²) in [6.07, 6.45) is 0.498. The van der Waals surface area contributed by atoms with E-state index >= 15 is 0 Å². The van der Waals surface area contributed by atoms with Gasteiger partial charge in [-0.15, -0.1) is 0 Å². The Morgan fingerprint density at radius 1 is 0.913 bits per heavy atom. The molecule has 0 aromatic heterocycles. The molecule has 2 aromatic rings. The SMILES string of the molecule is CCC(=O)c1ccc(OCc2ccc(C(=O)N(C)C)cc2)cc1. The predicted molar refractivity (Wildman–Crippen MR) is 89.9 cm³/mol. The highest BCUT2D eigenvalue weighted by atomic mass is 16.5. The zero-order valence-electron chi connectivity index (χ0n) is 13.7. The molecule has 2 aromatic carbocycles. The molecule has 0 unspecified atom stereocenters. The van der Waals surface area contributed by atoms with Crippen LogP contribution in [0, 0.1) is 0 Å². The van der Waals surface area contributed by atoms with Crippen molar-refractivity contribution in [2.45, 2.75) is 20.0 Å². The van der Waals surface area contributed by atoms with E-state index in [1.54, 1.807) is 55.4 Å². The number of carbonyl (C=O) groups excluding carboxylic acids is 2. The first-order chi connectivity index (χ1) is 11.0. The van der Waals surface area contributed by atoms with E-state index in [0.29, 0.717) is 29.9 Å². The third-order valence-corrected chi connectivity index (χ3v) is 3.51. The molecule has 0 atom stereocenters. The second kappa shape index (κ2) is 7.58. The fraction of sp³-hybridized carbons (Fsp3) is 0.263. The van der Waals surface area contributed by atoms with Gasteiger partial charge in [-0.3, -0.25) is 9.59 Å². The van der Waals surface area contributed by atoms with Crippen molar-refractivity contribution >= 4 is 11.7 Å². The molecule has 0 saturated heterocycles. The fourth-order valence-corrected chi connectivity index (χ4v) is 2.11. The van der Waals surface area contributed by atoms with Crippen molar-refractivity contribution in [1.29, 1.82) is 0 Å². The van der Waals surface area contributed by atoms with E-state index < -0.39 is 0 Å². The maximum atomic E-state index is 11.8. The van der Waals surface area contributed by atoms with Crippen molar-refractivity contribution in [3.05, 3.63) is 65.2 Å². The number of carbonyl (C=O) groups is 2. The first kappa shape index (κ1) is 16.7. The van der Waals surface area contributed by atoms with Gasteiger partial charge in [0.2, 0.25) is 0 Å². The summed E-state index contributed by atoms with van der Waals surface area (Å²) in [5.74, 6) is 0.817. The number of ketones is 1. The summed E-state index contributed by atoms with van der Waals surface area (Å²) in [5.41, 5.74) is 2.33. The first-order valence-corrected chi connectivity index (χ1v) is 7.58. The maximum absolute atomic E-state index is 11.8. The zero-order chi connectivity index (χ0) is 16.8. The lowest BCUT2D eigenvalue weighted by Crippen LogP contribution is -2.21. The van der Waals surface area contributed by atoms with E-state index in [9.17, 15) is 9.59 Å². The number of hydrogen-bond donors (Lipinski definition) is 0. The molecule has 0 N–H and O–H groups in total. The minimum Gasteiger partial charge on any atom is -0.489 e. The van der Waals surface area contributed by atoms with Gasteiger partial charge in [-0.05, 0) is 42.0 Å². The Labute approximate surface area is 136 Å². The van der Waals surface area contributed by atoms with Crippen molar-refractivity contribution < 1.29 is 14.3 Å². The van der Waals surface area contributed by atoms with E-state index in [2.05, 4.69) is 0 Å². The van der Waals surface area contributed by atoms with Crippen LogP contribution in [0.3, 0.4) is 0 Å². The normalized spacial score (nSPS) is 10.2. The lowest BCUT2D eigenvalue weighted by Gasteiger charge is -2.11. The van der Waals surface area contributed by atoms with E-state index in [4.69, 9.17) is 4.74 Å². The summed E-state index contributed by atoms with van der Waals surface area (Å²) in [6, 6.07) is 14.5. The summed E-state index contributed by atoms with van der Waals surface area (Å²) in [6.45, 7) is 2.26. The monoisotopic (exact) mass is 311 g/mol. The van der Waals surface area contributed by atoms with Gasteiger partial charge in [0.25, 0.3) is 5.91 Å². The van der Waals surface area contributed by atoms with Crippen LogP contribution in [0.5, 0.6) is 5.75 Å². The highest BCUT2D eigenvalue weighted by Crippen LogP contribution is 2.16. The number of hydrogen-bond acceptors (Lipinski definition) is 3. The second-order valence-electron chi connectivity index (χ2n) is 5.49. The molecule has 0 fully saturated rings. The first-order valence-electron chi connectivity index (χ1n) is 7.58. The van der Waals surface area contributed by atoms with Gasteiger partial charge in [-0.25, -0.2) is 0 Å². The number of ether oxygens (including phenoxy) is 1. The van der Waals surface area contributed by atoms with E-state index in [1.807, 2.05) is 19.1 Å². The molecule has 0 spiro atoms. The van der Waals surface area contributed by atoms with Crippen LogP contribution in [-0.4, -0.2) is 30.7 Å². The van der Waals surface area contributed by atoms with Gasteiger partial charge in [0.05, 0.1) is 0 Å². The lowest BCUT2D eigenvalue weighted by atomic mass is 10.1. The molecule has 4 nitrogen and oxygen atoms in total. The average molecular weight is 311 g/mol. The fourth-order valence-electron chi connectivity index (χ4n) is 2.11. The highest BCUT2D eigenvalue weighted by Gasteiger charge is 2.07. The molecule has 2 rings (SSSR count). The topological polar surface area (TPSA) is 46.6 Å². The third kappa shape index (κ3) is 4.42. The molecule has 0 bridgehead atoms. The van der Waals surface area contributed by atoms with Gasteiger partial charge in [-0.2, -0.15) is 0 Å². The van der Waals surface area contributed by atoms with Crippen LogP contribution < -0.4 is 4.74 Å². The number of rotatable bonds is 6. The van der Waals surface area contributed by atoms with Crippen molar-refractivity contribution in [2.24, 2.45) is 0 Å². The highest BCUT2D eigenvalue weighted by molar-refractivity contribution is 5.96. The zero-order valence-corrected chi connectivity index (χ0v) is 13.7. The van der Waals surface area contributed by atoms with Crippen molar-refractivity contribution in [3.63, 3.8) is 0 Å². The molecule has 23 heavy (non-hydrogen) atoms. The van der Waals surface area contributed by atoms with Gasteiger partial charge in [0.15, 0.2) is 5.78 Å². The summed E-state index contributed by atoms with van der Waals surface area (Å²) in [4.78, 5) is 24.9. The molecular weight excluding hydrogens is 290 g/mol. The molecule has 0 aliphatic heterocycles.